The van der Waals surface area contributed by atoms with Crippen molar-refractivity contribution in [2.75, 3.05) is 19.4 Å². The highest BCUT2D eigenvalue weighted by molar-refractivity contribution is 5.96. The van der Waals surface area contributed by atoms with E-state index in [-0.39, 0.29) is 0 Å². The van der Waals surface area contributed by atoms with Gasteiger partial charge in [-0.25, -0.2) is 18.7 Å². The number of hydrogen-bond acceptors (Lipinski definition) is 5. The van der Waals surface area contributed by atoms with Gasteiger partial charge in [0.2, 0.25) is 5.95 Å². The van der Waals surface area contributed by atoms with Gasteiger partial charge >= 0.3 is 0 Å². The minimum Gasteiger partial charge on any atom is -0.494 e. The number of methoxy groups -OCH3 is 1. The molecular weight excluding hydrogens is 448 g/mol. The van der Waals surface area contributed by atoms with E-state index in [1.165, 1.54) is 23.3 Å². The zero-order valence-corrected chi connectivity index (χ0v) is 19.1. The molecule has 176 valence electrons. The smallest absolute Gasteiger partial charge is 0.206 e. The molecule has 6 nitrogen and oxygen atoms in total. The third-order valence-corrected chi connectivity index (χ3v) is 6.62. The minimum atomic E-state index is -0.840. The molecule has 1 aliphatic heterocycles. The Morgan fingerprint density at radius 2 is 1.80 bits per heavy atom. The van der Waals surface area contributed by atoms with E-state index < -0.39 is 11.6 Å². The fourth-order valence-electron chi connectivity index (χ4n) is 4.86. The molecule has 0 amide bonds. The summed E-state index contributed by atoms with van der Waals surface area (Å²) in [7, 11) is 1.61. The zero-order valence-electron chi connectivity index (χ0n) is 19.1. The van der Waals surface area contributed by atoms with Crippen molar-refractivity contribution in [3.05, 3.63) is 89.2 Å². The Labute approximate surface area is 200 Å². The van der Waals surface area contributed by atoms with Gasteiger partial charge < -0.3 is 10.5 Å². The predicted octanol–water partition coefficient (Wildman–Crippen LogP) is 4.98. The fraction of sp³-hybridized carbons (Fsp3) is 0.185. The van der Waals surface area contributed by atoms with Crippen LogP contribution in [0.4, 0.5) is 14.7 Å². The lowest BCUT2D eigenvalue weighted by atomic mass is 9.94. The second kappa shape index (κ2) is 8.32. The molecule has 3 aromatic carbocycles. The molecule has 2 aromatic heterocycles. The average molecular weight is 472 g/mol. The quantitative estimate of drug-likeness (QED) is 0.401. The molecule has 5 aromatic rings. The van der Waals surface area contributed by atoms with E-state index in [2.05, 4.69) is 22.0 Å². The van der Waals surface area contributed by atoms with E-state index in [0.717, 1.165) is 41.8 Å². The summed E-state index contributed by atoms with van der Waals surface area (Å²) in [5, 5.41) is 0.880. The standard InChI is InChI=1S/C27H23F2N5O/c1-35-24-4-2-3-21-25(24)32-27(30)34-15-20(31-26(21)34)14-33-10-9-16-5-6-17(11-19(16)13-33)18-7-8-22(28)23(29)12-18/h2-8,11-12,15H,9-10,13-14H2,1H3,(H2,30,32). The molecule has 0 fully saturated rings. The van der Waals surface area contributed by atoms with E-state index in [4.69, 9.17) is 15.5 Å². The number of nitrogens with zero attached hydrogens (tertiary/aromatic N) is 4. The first kappa shape index (κ1) is 21.5. The van der Waals surface area contributed by atoms with Crippen molar-refractivity contribution in [3.63, 3.8) is 0 Å². The summed E-state index contributed by atoms with van der Waals surface area (Å²) in [6.07, 6.45) is 2.84. The largest absolute Gasteiger partial charge is 0.494 e. The number of para-hydroxylation sites is 1. The van der Waals surface area contributed by atoms with Crippen LogP contribution in [0.5, 0.6) is 5.75 Å². The summed E-state index contributed by atoms with van der Waals surface area (Å²) in [4.78, 5) is 11.7. The molecule has 3 heterocycles. The van der Waals surface area contributed by atoms with Gasteiger partial charge in [0, 0.05) is 31.2 Å². The Bertz CT molecular complexity index is 1600. The van der Waals surface area contributed by atoms with E-state index >= 15 is 0 Å². The lowest BCUT2D eigenvalue weighted by Gasteiger charge is -2.28. The average Bonchev–Trinajstić information content (AvgIpc) is 3.29. The van der Waals surface area contributed by atoms with Crippen LogP contribution in [0.3, 0.4) is 0 Å². The number of benzene rings is 3. The SMILES string of the molecule is COc1cccc2c1nc(N)n1cc(CN3CCc4ccc(-c5ccc(F)c(F)c5)cc4C3)nc21. The minimum absolute atomic E-state index is 0.357. The Morgan fingerprint density at radius 3 is 2.63 bits per heavy atom. The third kappa shape index (κ3) is 3.76. The molecule has 0 saturated carbocycles. The van der Waals surface area contributed by atoms with Crippen molar-refractivity contribution in [2.45, 2.75) is 19.5 Å². The first-order valence-corrected chi connectivity index (χ1v) is 11.4. The van der Waals surface area contributed by atoms with Gasteiger partial charge in [0.15, 0.2) is 11.6 Å². The van der Waals surface area contributed by atoms with Crippen LogP contribution in [0.25, 0.3) is 27.7 Å². The van der Waals surface area contributed by atoms with Crippen molar-refractivity contribution < 1.29 is 13.5 Å². The van der Waals surface area contributed by atoms with Gasteiger partial charge in [-0.2, -0.15) is 0 Å². The van der Waals surface area contributed by atoms with Gasteiger partial charge in [-0.1, -0.05) is 24.3 Å². The van der Waals surface area contributed by atoms with Crippen molar-refractivity contribution in [3.8, 4) is 16.9 Å². The number of nitrogen functional groups attached to an aromatic ring is 1. The summed E-state index contributed by atoms with van der Waals surface area (Å²) < 4.78 is 34.4. The lowest BCUT2D eigenvalue weighted by Crippen LogP contribution is -2.30. The van der Waals surface area contributed by atoms with Gasteiger partial charge in [0.1, 0.15) is 16.9 Å². The molecular formula is C27H23F2N5O. The Hall–Kier alpha value is -4.04. The number of anilines is 1. The van der Waals surface area contributed by atoms with Crippen molar-refractivity contribution in [1.82, 2.24) is 19.3 Å². The topological polar surface area (TPSA) is 68.7 Å². The molecule has 0 aliphatic carbocycles. The van der Waals surface area contributed by atoms with E-state index in [1.807, 2.05) is 34.9 Å². The Kier molecular flexibility index (Phi) is 5.11. The number of hydrogen-bond donors (Lipinski definition) is 1. The maximum atomic E-state index is 13.8. The summed E-state index contributed by atoms with van der Waals surface area (Å²) >= 11 is 0. The maximum absolute atomic E-state index is 13.8. The van der Waals surface area contributed by atoms with E-state index in [9.17, 15) is 8.78 Å². The third-order valence-electron chi connectivity index (χ3n) is 6.62. The number of ether oxygens (including phenoxy) is 1. The monoisotopic (exact) mass is 471 g/mol. The first-order valence-electron chi connectivity index (χ1n) is 11.4. The number of rotatable bonds is 4. The second-order valence-electron chi connectivity index (χ2n) is 8.83. The Balaban J connectivity index is 1.29. The molecule has 0 spiro atoms. The normalized spacial score (nSPS) is 13.9. The molecule has 0 radical (unpaired) electrons. The number of fused-ring (bicyclic) bond motifs is 4. The predicted molar refractivity (Wildman–Crippen MR) is 131 cm³/mol. The zero-order chi connectivity index (χ0) is 24.1. The molecule has 0 atom stereocenters. The van der Waals surface area contributed by atoms with Crippen LogP contribution >= 0.6 is 0 Å². The highest BCUT2D eigenvalue weighted by Gasteiger charge is 2.20. The summed E-state index contributed by atoms with van der Waals surface area (Å²) in [6, 6.07) is 15.9. The Morgan fingerprint density at radius 1 is 0.971 bits per heavy atom. The molecule has 35 heavy (non-hydrogen) atoms. The van der Waals surface area contributed by atoms with Gasteiger partial charge in [-0.3, -0.25) is 9.30 Å². The van der Waals surface area contributed by atoms with Gasteiger partial charge in [0.05, 0.1) is 12.8 Å². The highest BCUT2D eigenvalue weighted by Crippen LogP contribution is 2.30. The molecule has 0 bridgehead atoms. The van der Waals surface area contributed by atoms with Crippen LogP contribution in [0.1, 0.15) is 16.8 Å². The van der Waals surface area contributed by atoms with Gasteiger partial charge in [0.25, 0.3) is 0 Å². The molecule has 8 heteroatoms. The molecule has 2 N–H and O–H groups in total. The molecule has 0 unspecified atom stereocenters. The van der Waals surface area contributed by atoms with Crippen molar-refractivity contribution in [1.29, 1.82) is 0 Å². The van der Waals surface area contributed by atoms with E-state index in [1.54, 1.807) is 13.2 Å². The van der Waals surface area contributed by atoms with Gasteiger partial charge in [-0.15, -0.1) is 0 Å². The van der Waals surface area contributed by atoms with Crippen LogP contribution in [0.15, 0.2) is 60.8 Å². The number of imidazole rings is 1. The van der Waals surface area contributed by atoms with E-state index in [0.29, 0.717) is 29.3 Å². The van der Waals surface area contributed by atoms with Gasteiger partial charge in [-0.05, 0) is 59.0 Å². The molecule has 0 saturated heterocycles. The second-order valence-corrected chi connectivity index (χ2v) is 8.83. The summed E-state index contributed by atoms with van der Waals surface area (Å²) in [5.74, 6) is -0.665. The number of halogens is 2. The lowest BCUT2D eigenvalue weighted by molar-refractivity contribution is 0.243. The van der Waals surface area contributed by atoms with Crippen LogP contribution in [0.2, 0.25) is 0 Å². The van der Waals surface area contributed by atoms with Crippen LogP contribution in [-0.2, 0) is 19.5 Å². The first-order chi connectivity index (χ1) is 17.0. The number of nitrogens with two attached hydrogens (primary N) is 1. The number of aromatic nitrogens is 3. The molecule has 6 rings (SSSR count). The van der Waals surface area contributed by atoms with Crippen LogP contribution in [0, 0.1) is 11.6 Å². The van der Waals surface area contributed by atoms with Crippen LogP contribution in [-0.4, -0.2) is 32.9 Å². The highest BCUT2D eigenvalue weighted by atomic mass is 19.2. The maximum Gasteiger partial charge on any atom is 0.206 e. The fourth-order valence-corrected chi connectivity index (χ4v) is 4.86. The van der Waals surface area contributed by atoms with Crippen molar-refractivity contribution >= 4 is 22.5 Å². The molecule has 1 aliphatic rings. The van der Waals surface area contributed by atoms with Crippen LogP contribution < -0.4 is 10.5 Å². The van der Waals surface area contributed by atoms with Crippen molar-refractivity contribution in [2.24, 2.45) is 0 Å². The summed E-state index contributed by atoms with van der Waals surface area (Å²) in [6.45, 7) is 2.29. The summed E-state index contributed by atoms with van der Waals surface area (Å²) in [5.41, 5.74) is 12.6.